The van der Waals surface area contributed by atoms with Crippen LogP contribution in [0.5, 0.6) is 0 Å². The van der Waals surface area contributed by atoms with Crippen molar-refractivity contribution in [1.82, 2.24) is 4.90 Å². The number of halogens is 2. The summed E-state index contributed by atoms with van der Waals surface area (Å²) in [6.45, 7) is 2.27. The van der Waals surface area contributed by atoms with Gasteiger partial charge in [-0.15, -0.1) is 23.2 Å². The van der Waals surface area contributed by atoms with Crippen LogP contribution in [0.15, 0.2) is 72.8 Å². The van der Waals surface area contributed by atoms with Crippen LogP contribution < -0.4 is 5.32 Å². The molecule has 7 heteroatoms. The Balaban J connectivity index is 1.17. The minimum Gasteiger partial charge on any atom is -0.326 e. The van der Waals surface area contributed by atoms with Crippen LogP contribution in [0, 0.1) is 18.8 Å². The Morgan fingerprint density at radius 1 is 0.789 bits per heavy atom. The number of hydrogen-bond acceptors (Lipinski definition) is 3. The molecule has 3 aromatic carbocycles. The van der Waals surface area contributed by atoms with Gasteiger partial charge < -0.3 is 5.32 Å². The molecule has 1 aliphatic heterocycles. The molecule has 0 spiro atoms. The number of amides is 3. The van der Waals surface area contributed by atoms with Gasteiger partial charge in [-0.2, -0.15) is 0 Å². The molecule has 194 valence electrons. The summed E-state index contributed by atoms with van der Waals surface area (Å²) in [6.07, 6.45) is 2.36. The van der Waals surface area contributed by atoms with Crippen molar-refractivity contribution in [2.45, 2.75) is 42.4 Å². The molecule has 0 radical (unpaired) electrons. The van der Waals surface area contributed by atoms with E-state index in [1.807, 2.05) is 79.7 Å². The lowest BCUT2D eigenvalue weighted by molar-refractivity contribution is -0.140. The lowest BCUT2D eigenvalue weighted by atomic mass is 9.54. The Bertz CT molecular complexity index is 1350. The minimum atomic E-state index is -1.15. The lowest BCUT2D eigenvalue weighted by Gasteiger charge is -2.54. The van der Waals surface area contributed by atoms with Gasteiger partial charge >= 0.3 is 0 Å². The second-order valence-corrected chi connectivity index (χ2v) is 11.7. The summed E-state index contributed by atoms with van der Waals surface area (Å²) < 4.78 is 0. The molecule has 5 nitrogen and oxygen atoms in total. The van der Waals surface area contributed by atoms with E-state index in [0.717, 1.165) is 33.5 Å². The first-order valence-corrected chi connectivity index (χ1v) is 13.8. The van der Waals surface area contributed by atoms with Crippen molar-refractivity contribution in [1.29, 1.82) is 0 Å². The van der Waals surface area contributed by atoms with Crippen LogP contribution in [0.1, 0.15) is 53.5 Å². The summed E-state index contributed by atoms with van der Waals surface area (Å²) in [7, 11) is 0. The second kappa shape index (κ2) is 9.25. The number of alkyl halides is 2. The number of likely N-dealkylation sites (tertiary alicyclic amines) is 1. The molecule has 7 rings (SSSR count). The second-order valence-electron chi connectivity index (χ2n) is 10.5. The highest BCUT2D eigenvalue weighted by atomic mass is 35.5. The Labute approximate surface area is 232 Å². The number of anilines is 1. The first-order chi connectivity index (χ1) is 18.3. The van der Waals surface area contributed by atoms with Gasteiger partial charge in [0.25, 0.3) is 0 Å². The van der Waals surface area contributed by atoms with Crippen molar-refractivity contribution in [2.75, 3.05) is 11.9 Å². The maximum atomic E-state index is 13.8. The van der Waals surface area contributed by atoms with E-state index in [4.69, 9.17) is 23.2 Å². The van der Waals surface area contributed by atoms with Crippen molar-refractivity contribution >= 4 is 46.6 Å². The van der Waals surface area contributed by atoms with Crippen molar-refractivity contribution < 1.29 is 14.4 Å². The van der Waals surface area contributed by atoms with E-state index in [1.54, 1.807) is 0 Å². The van der Waals surface area contributed by atoms with Gasteiger partial charge in [-0.3, -0.25) is 19.3 Å². The number of carbonyl (C=O) groups is 3. The normalized spacial score (nSPS) is 26.7. The summed E-state index contributed by atoms with van der Waals surface area (Å²) >= 11 is 14.9. The first kappa shape index (κ1) is 25.1. The summed E-state index contributed by atoms with van der Waals surface area (Å²) in [4.78, 5) is 39.0. The van der Waals surface area contributed by atoms with E-state index >= 15 is 0 Å². The lowest BCUT2D eigenvalue weighted by Crippen LogP contribution is -2.57. The van der Waals surface area contributed by atoms with Gasteiger partial charge in [0.05, 0.1) is 11.8 Å². The number of rotatable bonds is 7. The van der Waals surface area contributed by atoms with E-state index in [1.165, 1.54) is 4.90 Å². The number of nitrogens with one attached hydrogen (secondary N) is 1. The molecule has 3 amide bonds. The Hall–Kier alpha value is -3.15. The van der Waals surface area contributed by atoms with Gasteiger partial charge in [-0.25, -0.2) is 0 Å². The number of unbranched alkanes of at least 4 members (excludes halogenated alkanes) is 2. The van der Waals surface area contributed by atoms with Crippen LogP contribution in [-0.2, 0) is 24.1 Å². The molecule has 0 unspecified atom stereocenters. The van der Waals surface area contributed by atoms with Crippen molar-refractivity contribution in [2.24, 2.45) is 11.8 Å². The van der Waals surface area contributed by atoms with Crippen molar-refractivity contribution in [3.05, 3.63) is 101 Å². The zero-order valence-electron chi connectivity index (χ0n) is 21.0. The zero-order valence-corrected chi connectivity index (χ0v) is 22.6. The van der Waals surface area contributed by atoms with Gasteiger partial charge in [0, 0.05) is 18.7 Å². The largest absolute Gasteiger partial charge is 0.326 e. The molecule has 3 aliphatic carbocycles. The average molecular weight is 547 g/mol. The molecule has 0 saturated carbocycles. The summed E-state index contributed by atoms with van der Waals surface area (Å²) in [5.41, 5.74) is 5.09. The minimum absolute atomic E-state index is 0.0461. The fraction of sp³-hybridized carbons (Fsp3) is 0.323. The molecule has 4 aliphatic rings. The van der Waals surface area contributed by atoms with Crippen LogP contribution in [0.2, 0.25) is 0 Å². The van der Waals surface area contributed by atoms with Crippen LogP contribution in [0.4, 0.5) is 5.69 Å². The fourth-order valence-electron chi connectivity index (χ4n) is 6.62. The standard InChI is InChI=1S/C31H28Cl2N2O3/c1-19-10-9-11-20(18-19)34-25(36)16-3-2-8-17-35-28(37)26-27(29(35)38)31(33)22-13-5-4-12-21(22)30(26,32)23-14-6-7-15-24(23)31/h4-7,9-15,18,26-27H,2-3,8,16-17H2,1H3,(H,34,36)/t26-,27+,30?,31?. The quantitative estimate of drug-likeness (QED) is 0.221. The number of nitrogens with zero attached hydrogens (tertiary/aromatic N) is 1. The predicted octanol–water partition coefficient (Wildman–Crippen LogP) is 6.09. The molecular formula is C31H28Cl2N2O3. The first-order valence-electron chi connectivity index (χ1n) is 13.1. The number of aryl methyl sites for hydroxylation is 1. The van der Waals surface area contributed by atoms with Crippen LogP contribution in [0.25, 0.3) is 0 Å². The Morgan fingerprint density at radius 3 is 1.82 bits per heavy atom. The third kappa shape index (κ3) is 3.55. The smallest absolute Gasteiger partial charge is 0.235 e. The van der Waals surface area contributed by atoms with Crippen LogP contribution in [0.3, 0.4) is 0 Å². The summed E-state index contributed by atoms with van der Waals surface area (Å²) in [5.74, 6) is -2.10. The van der Waals surface area contributed by atoms with E-state index in [2.05, 4.69) is 5.32 Å². The van der Waals surface area contributed by atoms with Gasteiger partial charge in [0.2, 0.25) is 17.7 Å². The number of carbonyl (C=O) groups excluding carboxylic acids is 3. The molecule has 2 bridgehead atoms. The van der Waals surface area contributed by atoms with E-state index < -0.39 is 21.6 Å². The van der Waals surface area contributed by atoms with Gasteiger partial charge in [-0.1, -0.05) is 67.1 Å². The van der Waals surface area contributed by atoms with Crippen molar-refractivity contribution in [3.8, 4) is 0 Å². The van der Waals surface area contributed by atoms with Gasteiger partial charge in [0.15, 0.2) is 0 Å². The maximum absolute atomic E-state index is 13.8. The monoisotopic (exact) mass is 546 g/mol. The van der Waals surface area contributed by atoms with Crippen LogP contribution >= 0.6 is 23.2 Å². The molecule has 1 N–H and O–H groups in total. The third-order valence-electron chi connectivity index (χ3n) is 8.26. The van der Waals surface area contributed by atoms with E-state index in [0.29, 0.717) is 25.7 Å². The molecule has 38 heavy (non-hydrogen) atoms. The molecule has 2 atom stereocenters. The van der Waals surface area contributed by atoms with Crippen LogP contribution in [-0.4, -0.2) is 29.2 Å². The molecule has 0 aromatic heterocycles. The summed E-state index contributed by atoms with van der Waals surface area (Å²) in [6, 6.07) is 23.0. The van der Waals surface area contributed by atoms with E-state index in [-0.39, 0.29) is 24.3 Å². The molecular weight excluding hydrogens is 519 g/mol. The molecule has 1 heterocycles. The highest BCUT2D eigenvalue weighted by molar-refractivity contribution is 6.36. The maximum Gasteiger partial charge on any atom is 0.235 e. The van der Waals surface area contributed by atoms with E-state index in [9.17, 15) is 14.4 Å². The topological polar surface area (TPSA) is 66.5 Å². The number of imide groups is 1. The SMILES string of the molecule is Cc1cccc(NC(=O)CCCCCN2C(=O)[C@@H]3[C@H](C2=O)C2(Cl)c4ccccc4C3(Cl)c3ccccc32)c1. The fourth-order valence-corrected chi connectivity index (χ4v) is 7.72. The summed E-state index contributed by atoms with van der Waals surface area (Å²) in [5, 5.41) is 2.92. The van der Waals surface area contributed by atoms with Crippen molar-refractivity contribution in [3.63, 3.8) is 0 Å². The Kier molecular flexibility index (Phi) is 6.12. The van der Waals surface area contributed by atoms with Gasteiger partial charge in [-0.05, 0) is 59.7 Å². The molecule has 1 saturated heterocycles. The molecule has 1 fully saturated rings. The number of benzene rings is 3. The Morgan fingerprint density at radius 2 is 1.32 bits per heavy atom. The predicted molar refractivity (Wildman–Crippen MR) is 148 cm³/mol. The highest BCUT2D eigenvalue weighted by Gasteiger charge is 2.72. The zero-order chi connectivity index (χ0) is 26.7. The van der Waals surface area contributed by atoms with Gasteiger partial charge in [0.1, 0.15) is 9.75 Å². The third-order valence-corrected chi connectivity index (χ3v) is 9.55. The highest BCUT2D eigenvalue weighted by Crippen LogP contribution is 2.69. The number of hydrogen-bond donors (Lipinski definition) is 1. The molecule has 3 aromatic rings. The average Bonchev–Trinajstić information content (AvgIpc) is 3.17.